The fraction of sp³-hybridized carbons (Fsp3) is 0.714. The van der Waals surface area contributed by atoms with Gasteiger partial charge in [-0.1, -0.05) is 0 Å². The quantitative estimate of drug-likeness (QED) is 0.872. The molecule has 2 N–H and O–H groups in total. The lowest BCUT2D eigenvalue weighted by molar-refractivity contribution is -0.127. The predicted molar refractivity (Wildman–Crippen MR) is 74.6 cm³/mol. The van der Waals surface area contributed by atoms with Crippen LogP contribution < -0.4 is 5.32 Å². The van der Waals surface area contributed by atoms with E-state index >= 15 is 0 Å². The van der Waals surface area contributed by atoms with Gasteiger partial charge in [0.15, 0.2) is 0 Å². The number of amides is 1. The van der Waals surface area contributed by atoms with Crippen LogP contribution >= 0.6 is 0 Å². The molecule has 2 heterocycles. The van der Waals surface area contributed by atoms with Crippen molar-refractivity contribution < 1.29 is 4.79 Å². The Morgan fingerprint density at radius 2 is 2.05 bits per heavy atom. The highest BCUT2D eigenvalue weighted by Gasteiger charge is 2.34. The number of rotatable bonds is 4. The first-order valence-corrected chi connectivity index (χ1v) is 7.07. The molecule has 5 heteroatoms. The molecule has 1 fully saturated rings. The Balaban J connectivity index is 1.96. The number of aromatic nitrogens is 2. The van der Waals surface area contributed by atoms with Gasteiger partial charge in [0.1, 0.15) is 5.82 Å². The van der Waals surface area contributed by atoms with Crippen LogP contribution in [0.5, 0.6) is 0 Å². The first kappa shape index (κ1) is 14.1. The molecule has 1 aliphatic heterocycles. The van der Waals surface area contributed by atoms with E-state index < -0.39 is 0 Å². The summed E-state index contributed by atoms with van der Waals surface area (Å²) in [5, 5.41) is 3.03. The maximum atomic E-state index is 12.3. The van der Waals surface area contributed by atoms with Gasteiger partial charge in [-0.2, -0.15) is 0 Å². The van der Waals surface area contributed by atoms with Crippen LogP contribution in [0.25, 0.3) is 0 Å². The molecule has 4 atom stereocenters. The Kier molecular flexibility index (Phi) is 4.24. The lowest BCUT2D eigenvalue weighted by Gasteiger charge is -2.32. The summed E-state index contributed by atoms with van der Waals surface area (Å²) < 4.78 is 0. The Bertz CT molecular complexity index is 407. The van der Waals surface area contributed by atoms with E-state index in [0.717, 1.165) is 5.82 Å². The number of nitrogens with one attached hydrogen (secondary N) is 2. The molecule has 4 unspecified atom stereocenters. The molecule has 1 aliphatic rings. The largest absolute Gasteiger partial charge is 0.347 e. The Morgan fingerprint density at radius 1 is 1.42 bits per heavy atom. The van der Waals surface area contributed by atoms with E-state index in [1.165, 1.54) is 12.8 Å². The number of carbonyl (C=O) groups is 1. The first-order valence-electron chi connectivity index (χ1n) is 7.07. The van der Waals surface area contributed by atoms with Gasteiger partial charge < -0.3 is 10.3 Å². The zero-order chi connectivity index (χ0) is 14.0. The van der Waals surface area contributed by atoms with Gasteiger partial charge >= 0.3 is 0 Å². The molecule has 5 nitrogen and oxygen atoms in total. The highest BCUT2D eigenvalue weighted by atomic mass is 16.2. The topological polar surface area (TPSA) is 61.0 Å². The molecule has 1 aromatic rings. The number of likely N-dealkylation sites (tertiary alicyclic amines) is 1. The smallest absolute Gasteiger partial charge is 0.237 e. The van der Waals surface area contributed by atoms with Crippen molar-refractivity contribution in [1.82, 2.24) is 20.2 Å². The van der Waals surface area contributed by atoms with Gasteiger partial charge in [0.05, 0.1) is 12.1 Å². The van der Waals surface area contributed by atoms with Crippen molar-refractivity contribution in [3.8, 4) is 0 Å². The number of imidazole rings is 1. The second kappa shape index (κ2) is 5.74. The molecule has 106 valence electrons. The van der Waals surface area contributed by atoms with E-state index in [-0.39, 0.29) is 18.0 Å². The zero-order valence-corrected chi connectivity index (χ0v) is 12.2. The summed E-state index contributed by atoms with van der Waals surface area (Å²) in [5.41, 5.74) is 0. The van der Waals surface area contributed by atoms with Crippen LogP contribution in [0.1, 0.15) is 52.4 Å². The molecule has 0 aromatic carbocycles. The first-order chi connectivity index (χ1) is 9.00. The van der Waals surface area contributed by atoms with E-state index in [1.54, 1.807) is 12.4 Å². The van der Waals surface area contributed by atoms with Gasteiger partial charge in [-0.05, 0) is 40.5 Å². The zero-order valence-electron chi connectivity index (χ0n) is 12.2. The van der Waals surface area contributed by atoms with Crippen molar-refractivity contribution in [3.05, 3.63) is 18.2 Å². The van der Waals surface area contributed by atoms with Crippen LogP contribution in [-0.4, -0.2) is 38.9 Å². The van der Waals surface area contributed by atoms with Crippen LogP contribution in [-0.2, 0) is 4.79 Å². The molecule has 1 saturated heterocycles. The molecule has 0 saturated carbocycles. The van der Waals surface area contributed by atoms with E-state index in [1.807, 2.05) is 13.8 Å². The summed E-state index contributed by atoms with van der Waals surface area (Å²) in [6.45, 7) is 8.33. The second-order valence-electron chi connectivity index (χ2n) is 5.60. The van der Waals surface area contributed by atoms with Gasteiger partial charge in [0.2, 0.25) is 5.91 Å². The highest BCUT2D eigenvalue weighted by molar-refractivity contribution is 5.81. The minimum Gasteiger partial charge on any atom is -0.347 e. The van der Waals surface area contributed by atoms with Crippen molar-refractivity contribution in [1.29, 1.82) is 0 Å². The summed E-state index contributed by atoms with van der Waals surface area (Å²) in [4.78, 5) is 21.8. The van der Waals surface area contributed by atoms with Gasteiger partial charge in [-0.25, -0.2) is 4.98 Å². The van der Waals surface area contributed by atoms with Gasteiger partial charge in [-0.15, -0.1) is 0 Å². The number of hydrogen-bond acceptors (Lipinski definition) is 3. The normalized spacial score (nSPS) is 27.2. The highest BCUT2D eigenvalue weighted by Crippen LogP contribution is 2.26. The Labute approximate surface area is 114 Å². The second-order valence-corrected chi connectivity index (χ2v) is 5.60. The molecule has 0 radical (unpaired) electrons. The molecular formula is C14H24N4O. The van der Waals surface area contributed by atoms with Crippen LogP contribution in [0.15, 0.2) is 12.4 Å². The van der Waals surface area contributed by atoms with Crippen LogP contribution in [0.4, 0.5) is 0 Å². The van der Waals surface area contributed by atoms with Crippen molar-refractivity contribution >= 4 is 5.91 Å². The van der Waals surface area contributed by atoms with Crippen molar-refractivity contribution in [2.45, 2.75) is 64.7 Å². The lowest BCUT2D eigenvalue weighted by atomic mass is 10.2. The monoisotopic (exact) mass is 264 g/mol. The summed E-state index contributed by atoms with van der Waals surface area (Å²) in [6.07, 6.45) is 5.82. The van der Waals surface area contributed by atoms with Crippen LogP contribution in [0, 0.1) is 0 Å². The van der Waals surface area contributed by atoms with Gasteiger partial charge in [-0.3, -0.25) is 9.69 Å². The third-order valence-electron chi connectivity index (χ3n) is 4.14. The van der Waals surface area contributed by atoms with E-state index in [9.17, 15) is 4.79 Å². The number of carbonyl (C=O) groups excluding carboxylic acids is 1. The molecule has 0 aliphatic carbocycles. The summed E-state index contributed by atoms with van der Waals surface area (Å²) in [7, 11) is 0. The predicted octanol–water partition coefficient (Wildman–Crippen LogP) is 1.85. The van der Waals surface area contributed by atoms with Gasteiger partial charge in [0.25, 0.3) is 0 Å². The molecular weight excluding hydrogens is 240 g/mol. The van der Waals surface area contributed by atoms with E-state index in [4.69, 9.17) is 0 Å². The lowest BCUT2D eigenvalue weighted by Crippen LogP contribution is -2.49. The molecule has 2 rings (SSSR count). The number of nitrogens with zero attached hydrogens (tertiary/aromatic N) is 2. The van der Waals surface area contributed by atoms with Crippen LogP contribution in [0.2, 0.25) is 0 Å². The maximum absolute atomic E-state index is 12.3. The van der Waals surface area contributed by atoms with Crippen molar-refractivity contribution in [2.24, 2.45) is 0 Å². The maximum Gasteiger partial charge on any atom is 0.237 e. The fourth-order valence-electron chi connectivity index (χ4n) is 3.03. The molecule has 1 aromatic heterocycles. The number of hydrogen-bond donors (Lipinski definition) is 2. The average Bonchev–Trinajstić information content (AvgIpc) is 2.99. The van der Waals surface area contributed by atoms with Crippen molar-refractivity contribution in [3.63, 3.8) is 0 Å². The summed E-state index contributed by atoms with van der Waals surface area (Å²) >= 11 is 0. The minimum absolute atomic E-state index is 0.0736. The minimum atomic E-state index is -0.0927. The van der Waals surface area contributed by atoms with Gasteiger partial charge in [0, 0.05) is 24.5 Å². The Morgan fingerprint density at radius 3 is 2.58 bits per heavy atom. The van der Waals surface area contributed by atoms with Crippen LogP contribution in [0.3, 0.4) is 0 Å². The fourth-order valence-corrected chi connectivity index (χ4v) is 3.03. The molecule has 1 amide bonds. The summed E-state index contributed by atoms with van der Waals surface area (Å²) in [6, 6.07) is 0.785. The number of H-pyrrole nitrogens is 1. The van der Waals surface area contributed by atoms with E-state index in [0.29, 0.717) is 12.1 Å². The molecule has 0 spiro atoms. The summed E-state index contributed by atoms with van der Waals surface area (Å²) in [5.74, 6) is 0.868. The Hall–Kier alpha value is -1.36. The number of aromatic amines is 1. The average molecular weight is 264 g/mol. The third-order valence-corrected chi connectivity index (χ3v) is 4.14. The molecule has 0 bridgehead atoms. The molecule has 19 heavy (non-hydrogen) atoms. The standard InChI is InChI=1S/C14H24N4O/c1-9-5-6-10(2)18(9)12(4)14(19)17-11(3)13-15-7-8-16-13/h7-12H,5-6H2,1-4H3,(H,15,16)(H,17,19). The third kappa shape index (κ3) is 2.97. The van der Waals surface area contributed by atoms with E-state index in [2.05, 4.69) is 34.0 Å². The van der Waals surface area contributed by atoms with Crippen molar-refractivity contribution in [2.75, 3.05) is 0 Å². The SMILES string of the molecule is CC(NC(=O)C(C)N1C(C)CCC1C)c1ncc[nH]1.